The van der Waals surface area contributed by atoms with Crippen LogP contribution in [-0.4, -0.2) is 22.2 Å². The molecule has 0 aromatic heterocycles. The quantitative estimate of drug-likeness (QED) is 0.623. The number of carbonyl (C=O) groups is 2. The van der Waals surface area contributed by atoms with E-state index in [0.717, 1.165) is 25.3 Å². The van der Waals surface area contributed by atoms with Crippen LogP contribution in [0.2, 0.25) is 0 Å². The first kappa shape index (κ1) is 17.3. The minimum Gasteiger partial charge on any atom is -0.478 e. The zero-order valence-corrected chi connectivity index (χ0v) is 12.5. The molecule has 1 aromatic carbocycles. The van der Waals surface area contributed by atoms with E-state index in [1.165, 1.54) is 25.0 Å². The van der Waals surface area contributed by atoms with Gasteiger partial charge in [0.25, 0.3) is 0 Å². The Morgan fingerprint density at radius 1 is 1.05 bits per heavy atom. The molecule has 0 aliphatic heterocycles. The molecule has 4 nitrogen and oxygen atoms in total. The molecule has 0 aliphatic rings. The van der Waals surface area contributed by atoms with Crippen molar-refractivity contribution < 1.29 is 19.8 Å². The summed E-state index contributed by atoms with van der Waals surface area (Å²) in [6.07, 6.45) is 5.34. The van der Waals surface area contributed by atoms with Crippen LogP contribution in [0.5, 0.6) is 0 Å². The van der Waals surface area contributed by atoms with Gasteiger partial charge in [0.05, 0.1) is 11.1 Å². The van der Waals surface area contributed by atoms with E-state index in [1.807, 2.05) is 0 Å². The number of aromatic carboxylic acids is 2. The molecule has 0 aliphatic carbocycles. The number of rotatable bonds is 6. The standard InChI is InChI=1S/C18H18O4/c1-2-3-4-5-6-7-8-9-10-14-11-12-15(17(19)20)13-16(14)18(21)22/h11-13H,2-6H2,1H3,(H,19,20)(H,21,22). The van der Waals surface area contributed by atoms with Crippen LogP contribution < -0.4 is 0 Å². The van der Waals surface area contributed by atoms with Gasteiger partial charge in [0, 0.05) is 12.0 Å². The monoisotopic (exact) mass is 298 g/mol. The number of hydrogen-bond donors (Lipinski definition) is 2. The molecule has 0 bridgehead atoms. The van der Waals surface area contributed by atoms with E-state index >= 15 is 0 Å². The van der Waals surface area contributed by atoms with E-state index in [-0.39, 0.29) is 16.7 Å². The normalized spacial score (nSPS) is 9.14. The molecular formula is C18H18O4. The minimum atomic E-state index is -1.21. The maximum atomic E-state index is 11.1. The molecule has 4 heteroatoms. The second-order valence-corrected chi connectivity index (χ2v) is 4.73. The van der Waals surface area contributed by atoms with Crippen molar-refractivity contribution in [3.63, 3.8) is 0 Å². The molecule has 0 heterocycles. The van der Waals surface area contributed by atoms with E-state index in [9.17, 15) is 9.59 Å². The molecule has 0 unspecified atom stereocenters. The zero-order valence-electron chi connectivity index (χ0n) is 12.5. The highest BCUT2D eigenvalue weighted by molar-refractivity contribution is 5.95. The maximum absolute atomic E-state index is 11.1. The fourth-order valence-corrected chi connectivity index (χ4v) is 1.81. The van der Waals surface area contributed by atoms with Gasteiger partial charge >= 0.3 is 11.9 Å². The first-order valence-electron chi connectivity index (χ1n) is 7.15. The fraction of sp³-hybridized carbons (Fsp3) is 0.333. The Hall–Kier alpha value is -2.72. The van der Waals surface area contributed by atoms with Crippen molar-refractivity contribution in [2.75, 3.05) is 0 Å². The van der Waals surface area contributed by atoms with Crippen molar-refractivity contribution in [3.05, 3.63) is 34.9 Å². The molecule has 0 amide bonds. The number of unbranched alkanes of at least 4 members (excludes halogenated alkanes) is 4. The summed E-state index contributed by atoms with van der Waals surface area (Å²) in [5.41, 5.74) is 0.0555. The fourth-order valence-electron chi connectivity index (χ4n) is 1.81. The molecule has 0 atom stereocenters. The zero-order chi connectivity index (χ0) is 16.4. The molecule has 0 spiro atoms. The summed E-state index contributed by atoms with van der Waals surface area (Å²) in [6.45, 7) is 2.15. The Balaban J connectivity index is 2.78. The van der Waals surface area contributed by atoms with Crippen LogP contribution in [-0.2, 0) is 0 Å². The van der Waals surface area contributed by atoms with Gasteiger partial charge in [0.2, 0.25) is 0 Å². The number of carboxylic acids is 2. The van der Waals surface area contributed by atoms with Crippen molar-refractivity contribution in [1.29, 1.82) is 0 Å². The topological polar surface area (TPSA) is 74.6 Å². The van der Waals surface area contributed by atoms with Gasteiger partial charge in [-0.15, -0.1) is 0 Å². The van der Waals surface area contributed by atoms with E-state index in [4.69, 9.17) is 10.2 Å². The Labute approximate surface area is 130 Å². The Morgan fingerprint density at radius 3 is 2.45 bits per heavy atom. The van der Waals surface area contributed by atoms with E-state index < -0.39 is 11.9 Å². The summed E-state index contributed by atoms with van der Waals surface area (Å²) < 4.78 is 0. The lowest BCUT2D eigenvalue weighted by atomic mass is 10.0. The third kappa shape index (κ3) is 5.73. The van der Waals surface area contributed by atoms with Gasteiger partial charge in [0.15, 0.2) is 0 Å². The van der Waals surface area contributed by atoms with Crippen molar-refractivity contribution in [1.82, 2.24) is 0 Å². The van der Waals surface area contributed by atoms with Crippen molar-refractivity contribution >= 4 is 11.9 Å². The summed E-state index contributed by atoms with van der Waals surface area (Å²) in [5.74, 6) is 8.52. The van der Waals surface area contributed by atoms with E-state index in [1.54, 1.807) is 0 Å². The largest absolute Gasteiger partial charge is 0.478 e. The molecule has 0 radical (unpaired) electrons. The van der Waals surface area contributed by atoms with Crippen LogP contribution in [0.4, 0.5) is 0 Å². The van der Waals surface area contributed by atoms with Gasteiger partial charge in [-0.1, -0.05) is 38.0 Å². The van der Waals surface area contributed by atoms with Gasteiger partial charge in [-0.3, -0.25) is 0 Å². The first-order valence-corrected chi connectivity index (χ1v) is 7.15. The minimum absolute atomic E-state index is 0.0787. The lowest BCUT2D eigenvalue weighted by Gasteiger charge is -2.00. The van der Waals surface area contributed by atoms with Crippen LogP contribution in [0.15, 0.2) is 18.2 Å². The predicted octanol–water partition coefficient (Wildman–Crippen LogP) is 3.41. The first-order chi connectivity index (χ1) is 10.6. The van der Waals surface area contributed by atoms with Crippen LogP contribution >= 0.6 is 0 Å². The smallest absolute Gasteiger partial charge is 0.336 e. The number of benzene rings is 1. The highest BCUT2D eigenvalue weighted by Crippen LogP contribution is 2.11. The second kappa shape index (κ2) is 9.26. The number of hydrogen-bond acceptors (Lipinski definition) is 2. The van der Waals surface area contributed by atoms with Crippen molar-refractivity contribution in [2.45, 2.75) is 39.0 Å². The summed E-state index contributed by atoms with van der Waals surface area (Å²) in [6, 6.07) is 3.83. The Morgan fingerprint density at radius 2 is 1.82 bits per heavy atom. The third-order valence-electron chi connectivity index (χ3n) is 3.00. The van der Waals surface area contributed by atoms with Crippen molar-refractivity contribution in [3.8, 4) is 23.7 Å². The SMILES string of the molecule is CCCCCCC#CC#Cc1ccc(C(=O)O)cc1C(=O)O. The van der Waals surface area contributed by atoms with Gasteiger partial charge in [0.1, 0.15) is 0 Å². The molecule has 1 rings (SSSR count). The van der Waals surface area contributed by atoms with E-state index in [0.29, 0.717) is 0 Å². The van der Waals surface area contributed by atoms with Gasteiger partial charge in [-0.2, -0.15) is 0 Å². The highest BCUT2D eigenvalue weighted by atomic mass is 16.4. The van der Waals surface area contributed by atoms with Gasteiger partial charge in [-0.05, 0) is 36.5 Å². The summed E-state index contributed by atoms with van der Waals surface area (Å²) >= 11 is 0. The van der Waals surface area contributed by atoms with Gasteiger partial charge in [-0.25, -0.2) is 9.59 Å². The molecule has 0 saturated carbocycles. The predicted molar refractivity (Wildman–Crippen MR) is 83.8 cm³/mol. The molecule has 0 saturated heterocycles. The Bertz CT molecular complexity index is 666. The molecule has 0 fully saturated rings. The summed E-state index contributed by atoms with van der Waals surface area (Å²) in [4.78, 5) is 22.0. The van der Waals surface area contributed by atoms with Crippen LogP contribution in [0.3, 0.4) is 0 Å². The molecular weight excluding hydrogens is 280 g/mol. The molecule has 1 aromatic rings. The van der Waals surface area contributed by atoms with Crippen LogP contribution in [0, 0.1) is 23.7 Å². The average Bonchev–Trinajstić information content (AvgIpc) is 2.49. The lowest BCUT2D eigenvalue weighted by molar-refractivity contribution is 0.0695. The summed E-state index contributed by atoms with van der Waals surface area (Å²) in [5, 5.41) is 18.0. The summed E-state index contributed by atoms with van der Waals surface area (Å²) in [7, 11) is 0. The molecule has 2 N–H and O–H groups in total. The van der Waals surface area contributed by atoms with Crippen molar-refractivity contribution in [2.24, 2.45) is 0 Å². The Kier molecular flexibility index (Phi) is 7.29. The average molecular weight is 298 g/mol. The highest BCUT2D eigenvalue weighted by Gasteiger charge is 2.12. The number of carboxylic acid groups (broad SMARTS) is 2. The third-order valence-corrected chi connectivity index (χ3v) is 3.00. The second-order valence-electron chi connectivity index (χ2n) is 4.73. The van der Waals surface area contributed by atoms with Crippen LogP contribution in [0.25, 0.3) is 0 Å². The molecule has 114 valence electrons. The van der Waals surface area contributed by atoms with Crippen LogP contribution in [0.1, 0.15) is 65.3 Å². The van der Waals surface area contributed by atoms with E-state index in [2.05, 4.69) is 30.6 Å². The molecule has 22 heavy (non-hydrogen) atoms. The maximum Gasteiger partial charge on any atom is 0.336 e. The lowest BCUT2D eigenvalue weighted by Crippen LogP contribution is -2.04. The van der Waals surface area contributed by atoms with Gasteiger partial charge < -0.3 is 10.2 Å².